The molecule has 32 heavy (non-hydrogen) atoms. The molecule has 0 spiro atoms. The van der Waals surface area contributed by atoms with E-state index in [2.05, 4.69) is 13.8 Å². The molecule has 0 N–H and O–H groups in total. The first-order valence-corrected chi connectivity index (χ1v) is 12.5. The van der Waals surface area contributed by atoms with Crippen molar-refractivity contribution in [3.8, 4) is 11.5 Å². The fourth-order valence-electron chi connectivity index (χ4n) is 5.34. The summed E-state index contributed by atoms with van der Waals surface area (Å²) >= 11 is 0. The molecule has 0 aromatic heterocycles. The summed E-state index contributed by atoms with van der Waals surface area (Å²) in [6, 6.07) is 11.3. The first kappa shape index (κ1) is 22.8. The van der Waals surface area contributed by atoms with Crippen LogP contribution >= 0.6 is 0 Å². The third-order valence-corrected chi connectivity index (χ3v) is 7.73. The third-order valence-electron chi connectivity index (χ3n) is 7.73. The predicted molar refractivity (Wildman–Crippen MR) is 127 cm³/mol. The number of fused-ring (bicyclic) bond motifs is 1. The van der Waals surface area contributed by atoms with Crippen LogP contribution in [0.2, 0.25) is 0 Å². The molecule has 2 aliphatic carbocycles. The maximum absolute atomic E-state index is 12.6. The van der Waals surface area contributed by atoms with Crippen LogP contribution in [0.3, 0.4) is 0 Å². The molecule has 2 aromatic carbocycles. The van der Waals surface area contributed by atoms with Crippen molar-refractivity contribution < 1.29 is 19.1 Å². The molecule has 4 heteroatoms. The van der Waals surface area contributed by atoms with Gasteiger partial charge >= 0.3 is 11.9 Å². The largest absolute Gasteiger partial charge is 0.426 e. The predicted octanol–water partition coefficient (Wildman–Crippen LogP) is 7.08. The lowest BCUT2D eigenvalue weighted by molar-refractivity contribution is -0.141. The standard InChI is InChI=1S/C28H36O4/c1-3-19-5-9-21(10-6-19)27(29)31-25-15-13-24-18-26(16-14-23(24)17-25)32-28(30)22-11-7-20(4-2)8-12-22/h13-22H,3-12H2,1-2H3. The van der Waals surface area contributed by atoms with Crippen LogP contribution in [0, 0.1) is 23.7 Å². The Morgan fingerprint density at radius 1 is 0.656 bits per heavy atom. The van der Waals surface area contributed by atoms with E-state index in [1.165, 1.54) is 12.8 Å². The van der Waals surface area contributed by atoms with Gasteiger partial charge in [0.1, 0.15) is 11.5 Å². The number of hydrogen-bond acceptors (Lipinski definition) is 4. The third kappa shape index (κ3) is 5.51. The van der Waals surface area contributed by atoms with Gasteiger partial charge in [-0.25, -0.2) is 0 Å². The molecular formula is C28H36O4. The van der Waals surface area contributed by atoms with E-state index < -0.39 is 0 Å². The Balaban J connectivity index is 1.35. The fraction of sp³-hybridized carbons (Fsp3) is 0.571. The monoisotopic (exact) mass is 436 g/mol. The molecule has 0 unspecified atom stereocenters. The van der Waals surface area contributed by atoms with E-state index in [1.807, 2.05) is 36.4 Å². The molecule has 2 aliphatic rings. The number of ether oxygens (including phenoxy) is 2. The van der Waals surface area contributed by atoms with Gasteiger partial charge in [0.05, 0.1) is 11.8 Å². The summed E-state index contributed by atoms with van der Waals surface area (Å²) in [6.07, 6.45) is 10.6. The van der Waals surface area contributed by atoms with Gasteiger partial charge in [-0.2, -0.15) is 0 Å². The second-order valence-electron chi connectivity index (χ2n) is 9.76. The van der Waals surface area contributed by atoms with Crippen LogP contribution in [0.25, 0.3) is 10.8 Å². The van der Waals surface area contributed by atoms with Crippen LogP contribution in [-0.2, 0) is 9.59 Å². The number of carbonyl (C=O) groups excluding carboxylic acids is 2. The molecule has 172 valence electrons. The molecule has 0 radical (unpaired) electrons. The van der Waals surface area contributed by atoms with Crippen molar-refractivity contribution in [1.29, 1.82) is 0 Å². The minimum absolute atomic E-state index is 0.0164. The van der Waals surface area contributed by atoms with Crippen molar-refractivity contribution >= 4 is 22.7 Å². The molecule has 2 aromatic rings. The summed E-state index contributed by atoms with van der Waals surface area (Å²) in [5.74, 6) is 2.49. The average Bonchev–Trinajstić information content (AvgIpc) is 2.84. The Morgan fingerprint density at radius 2 is 1.03 bits per heavy atom. The highest BCUT2D eigenvalue weighted by Crippen LogP contribution is 2.34. The van der Waals surface area contributed by atoms with Crippen molar-refractivity contribution in [2.75, 3.05) is 0 Å². The molecule has 4 rings (SSSR count). The molecular weight excluding hydrogens is 400 g/mol. The molecule has 2 saturated carbocycles. The summed E-state index contributed by atoms with van der Waals surface area (Å²) in [6.45, 7) is 4.45. The number of carbonyl (C=O) groups is 2. The summed E-state index contributed by atoms with van der Waals surface area (Å²) in [4.78, 5) is 25.2. The van der Waals surface area contributed by atoms with Gasteiger partial charge in [-0.3, -0.25) is 9.59 Å². The van der Waals surface area contributed by atoms with E-state index in [9.17, 15) is 9.59 Å². The molecule has 2 fully saturated rings. The maximum Gasteiger partial charge on any atom is 0.314 e. The van der Waals surface area contributed by atoms with Crippen LogP contribution in [0.4, 0.5) is 0 Å². The van der Waals surface area contributed by atoms with Crippen molar-refractivity contribution in [3.63, 3.8) is 0 Å². The van der Waals surface area contributed by atoms with Crippen molar-refractivity contribution in [3.05, 3.63) is 36.4 Å². The number of esters is 2. The van der Waals surface area contributed by atoms with E-state index in [0.717, 1.165) is 74.0 Å². The van der Waals surface area contributed by atoms with E-state index >= 15 is 0 Å². The Kier molecular flexibility index (Phi) is 7.49. The van der Waals surface area contributed by atoms with Gasteiger partial charge in [-0.15, -0.1) is 0 Å². The maximum atomic E-state index is 12.6. The van der Waals surface area contributed by atoms with Gasteiger partial charge in [0.15, 0.2) is 0 Å². The number of hydrogen-bond donors (Lipinski definition) is 0. The summed E-state index contributed by atoms with van der Waals surface area (Å²) in [7, 11) is 0. The lowest BCUT2D eigenvalue weighted by Gasteiger charge is -2.26. The first-order chi connectivity index (χ1) is 15.6. The Hall–Kier alpha value is -2.36. The van der Waals surface area contributed by atoms with Crippen LogP contribution in [0.15, 0.2) is 36.4 Å². The zero-order valence-electron chi connectivity index (χ0n) is 19.5. The summed E-state index contributed by atoms with van der Waals surface area (Å²) in [5, 5.41) is 1.93. The van der Waals surface area contributed by atoms with Gasteiger partial charge < -0.3 is 9.47 Å². The van der Waals surface area contributed by atoms with Crippen LogP contribution < -0.4 is 9.47 Å². The second-order valence-corrected chi connectivity index (χ2v) is 9.76. The molecule has 0 amide bonds. The second kappa shape index (κ2) is 10.5. The summed E-state index contributed by atoms with van der Waals surface area (Å²) in [5.41, 5.74) is 0. The van der Waals surface area contributed by atoms with Gasteiger partial charge in [-0.1, -0.05) is 38.8 Å². The minimum atomic E-state index is -0.109. The number of benzene rings is 2. The SMILES string of the molecule is CCC1CCC(C(=O)Oc2ccc3cc(OC(=O)C4CCC(CC)CC4)ccc3c2)CC1. The Bertz CT molecular complexity index is 856. The zero-order chi connectivity index (χ0) is 22.5. The molecule has 0 bridgehead atoms. The highest BCUT2D eigenvalue weighted by molar-refractivity contribution is 5.87. The summed E-state index contributed by atoms with van der Waals surface area (Å²) < 4.78 is 11.4. The van der Waals surface area contributed by atoms with Crippen molar-refractivity contribution in [2.24, 2.45) is 23.7 Å². The van der Waals surface area contributed by atoms with Gasteiger partial charge in [0.25, 0.3) is 0 Å². The van der Waals surface area contributed by atoms with E-state index in [-0.39, 0.29) is 23.8 Å². The highest BCUT2D eigenvalue weighted by Gasteiger charge is 2.28. The normalized spacial score (nSPS) is 25.9. The van der Waals surface area contributed by atoms with E-state index in [0.29, 0.717) is 11.5 Å². The molecule has 0 aliphatic heterocycles. The molecule has 0 atom stereocenters. The van der Waals surface area contributed by atoms with Gasteiger partial charge in [0.2, 0.25) is 0 Å². The van der Waals surface area contributed by atoms with Crippen molar-refractivity contribution in [2.45, 2.75) is 78.1 Å². The van der Waals surface area contributed by atoms with Gasteiger partial charge in [-0.05, 0) is 98.2 Å². The lowest BCUT2D eigenvalue weighted by Crippen LogP contribution is -2.25. The Morgan fingerprint density at radius 3 is 1.38 bits per heavy atom. The zero-order valence-corrected chi connectivity index (χ0v) is 19.5. The minimum Gasteiger partial charge on any atom is -0.426 e. The number of rotatable bonds is 6. The average molecular weight is 437 g/mol. The van der Waals surface area contributed by atoms with Crippen LogP contribution in [0.1, 0.15) is 78.1 Å². The van der Waals surface area contributed by atoms with E-state index in [4.69, 9.17) is 9.47 Å². The smallest absolute Gasteiger partial charge is 0.314 e. The van der Waals surface area contributed by atoms with Crippen molar-refractivity contribution in [1.82, 2.24) is 0 Å². The fourth-order valence-corrected chi connectivity index (χ4v) is 5.34. The Labute approximate surface area is 191 Å². The van der Waals surface area contributed by atoms with Crippen LogP contribution in [-0.4, -0.2) is 11.9 Å². The lowest BCUT2D eigenvalue weighted by atomic mass is 9.81. The molecule has 4 nitrogen and oxygen atoms in total. The molecule has 0 heterocycles. The quantitative estimate of drug-likeness (QED) is 0.358. The highest BCUT2D eigenvalue weighted by atomic mass is 16.5. The molecule has 0 saturated heterocycles. The van der Waals surface area contributed by atoms with Gasteiger partial charge in [0, 0.05) is 0 Å². The van der Waals surface area contributed by atoms with Crippen LogP contribution in [0.5, 0.6) is 11.5 Å². The first-order valence-electron chi connectivity index (χ1n) is 12.5. The van der Waals surface area contributed by atoms with E-state index in [1.54, 1.807) is 0 Å². The topological polar surface area (TPSA) is 52.6 Å².